The van der Waals surface area contributed by atoms with Crippen molar-refractivity contribution < 1.29 is 9.59 Å². The van der Waals surface area contributed by atoms with Crippen LogP contribution in [0.4, 0.5) is 5.69 Å². The van der Waals surface area contributed by atoms with Crippen LogP contribution in [0.1, 0.15) is 32.3 Å². The highest BCUT2D eigenvalue weighted by molar-refractivity contribution is 5.94. The smallest absolute Gasteiger partial charge is 0.239 e. The van der Waals surface area contributed by atoms with Crippen molar-refractivity contribution in [3.63, 3.8) is 0 Å². The molecular formula is C15H21N3O2. The van der Waals surface area contributed by atoms with Gasteiger partial charge < -0.3 is 16.4 Å². The number of hydrogen-bond donors (Lipinski definition) is 3. The van der Waals surface area contributed by atoms with Gasteiger partial charge in [-0.1, -0.05) is 12.1 Å². The first-order valence-electron chi connectivity index (χ1n) is 6.88. The van der Waals surface area contributed by atoms with Crippen LogP contribution in [-0.2, 0) is 15.0 Å². The van der Waals surface area contributed by atoms with Gasteiger partial charge in [0.1, 0.15) is 0 Å². The normalized spacial score (nSPS) is 15.8. The van der Waals surface area contributed by atoms with Crippen LogP contribution < -0.4 is 16.4 Å². The molecule has 0 unspecified atom stereocenters. The van der Waals surface area contributed by atoms with E-state index in [1.54, 1.807) is 12.1 Å². The van der Waals surface area contributed by atoms with Crippen molar-refractivity contribution in [1.82, 2.24) is 10.6 Å². The number of nitrogens with one attached hydrogen (secondary N) is 2. The van der Waals surface area contributed by atoms with Crippen LogP contribution >= 0.6 is 0 Å². The second-order valence-corrected chi connectivity index (χ2v) is 5.61. The quantitative estimate of drug-likeness (QED) is 0.699. The van der Waals surface area contributed by atoms with Gasteiger partial charge in [0.05, 0.1) is 12.0 Å². The zero-order valence-electron chi connectivity index (χ0n) is 11.9. The molecule has 1 aliphatic carbocycles. The van der Waals surface area contributed by atoms with Crippen molar-refractivity contribution in [2.75, 3.05) is 12.3 Å². The summed E-state index contributed by atoms with van der Waals surface area (Å²) in [5.74, 6) is -0.248. The minimum Gasteiger partial charge on any atom is -0.399 e. The van der Waals surface area contributed by atoms with Crippen molar-refractivity contribution in [1.29, 1.82) is 0 Å². The minimum atomic E-state index is -0.466. The van der Waals surface area contributed by atoms with Gasteiger partial charge in [-0.15, -0.1) is 0 Å². The molecule has 0 aromatic heterocycles. The molecule has 5 nitrogen and oxygen atoms in total. The fourth-order valence-electron chi connectivity index (χ4n) is 2.28. The number of nitrogen functional groups attached to an aromatic ring is 1. The number of carbonyl (C=O) groups excluding carboxylic acids is 2. The Labute approximate surface area is 118 Å². The molecule has 1 aliphatic rings. The van der Waals surface area contributed by atoms with Crippen molar-refractivity contribution in [3.05, 3.63) is 29.8 Å². The van der Waals surface area contributed by atoms with E-state index in [2.05, 4.69) is 10.6 Å². The van der Waals surface area contributed by atoms with E-state index in [1.165, 1.54) is 0 Å². The van der Waals surface area contributed by atoms with Crippen molar-refractivity contribution >= 4 is 17.5 Å². The summed E-state index contributed by atoms with van der Waals surface area (Å²) in [7, 11) is 0. The van der Waals surface area contributed by atoms with Gasteiger partial charge in [-0.05, 0) is 44.4 Å². The number of carbonyl (C=O) groups is 2. The molecule has 2 rings (SSSR count). The number of anilines is 1. The van der Waals surface area contributed by atoms with Crippen LogP contribution in [0.3, 0.4) is 0 Å². The SMILES string of the molecule is CC(C)NC(=O)CNC(=O)C1(c2ccc(N)cc2)CC1. The Morgan fingerprint density at radius 2 is 1.85 bits per heavy atom. The molecule has 108 valence electrons. The maximum absolute atomic E-state index is 12.3. The predicted molar refractivity (Wildman–Crippen MR) is 78.1 cm³/mol. The van der Waals surface area contributed by atoms with Crippen LogP contribution in [0.15, 0.2) is 24.3 Å². The van der Waals surface area contributed by atoms with E-state index in [1.807, 2.05) is 26.0 Å². The number of rotatable bonds is 5. The highest BCUT2D eigenvalue weighted by atomic mass is 16.2. The van der Waals surface area contributed by atoms with E-state index in [0.717, 1.165) is 18.4 Å². The standard InChI is InChI=1S/C15H21N3O2/c1-10(2)18-13(19)9-17-14(20)15(7-8-15)11-3-5-12(16)6-4-11/h3-6,10H,7-9,16H2,1-2H3,(H,17,20)(H,18,19). The maximum atomic E-state index is 12.3. The van der Waals surface area contributed by atoms with E-state index in [9.17, 15) is 9.59 Å². The predicted octanol–water partition coefficient (Wildman–Crippen LogP) is 0.941. The third-order valence-electron chi connectivity index (χ3n) is 3.51. The summed E-state index contributed by atoms with van der Waals surface area (Å²) in [5.41, 5.74) is 6.84. The largest absolute Gasteiger partial charge is 0.399 e. The van der Waals surface area contributed by atoms with Gasteiger partial charge in [0, 0.05) is 11.7 Å². The Kier molecular flexibility index (Phi) is 3.97. The Morgan fingerprint density at radius 1 is 1.25 bits per heavy atom. The molecule has 1 saturated carbocycles. The number of benzene rings is 1. The van der Waals surface area contributed by atoms with E-state index in [0.29, 0.717) is 5.69 Å². The highest BCUT2D eigenvalue weighted by Crippen LogP contribution is 2.48. The van der Waals surface area contributed by atoms with E-state index in [4.69, 9.17) is 5.73 Å². The van der Waals surface area contributed by atoms with Crippen LogP contribution in [-0.4, -0.2) is 24.4 Å². The lowest BCUT2D eigenvalue weighted by atomic mass is 9.95. The lowest BCUT2D eigenvalue weighted by molar-refractivity contribution is -0.127. The van der Waals surface area contributed by atoms with Gasteiger partial charge in [-0.3, -0.25) is 9.59 Å². The minimum absolute atomic E-state index is 0.0216. The number of nitrogens with two attached hydrogens (primary N) is 1. The van der Waals surface area contributed by atoms with E-state index >= 15 is 0 Å². The summed E-state index contributed by atoms with van der Waals surface area (Å²) in [4.78, 5) is 23.8. The second-order valence-electron chi connectivity index (χ2n) is 5.61. The Hall–Kier alpha value is -2.04. The summed E-state index contributed by atoms with van der Waals surface area (Å²) in [6, 6.07) is 7.44. The first-order chi connectivity index (χ1) is 9.44. The van der Waals surface area contributed by atoms with Gasteiger partial charge in [-0.2, -0.15) is 0 Å². The van der Waals surface area contributed by atoms with Crippen molar-refractivity contribution in [3.8, 4) is 0 Å². The molecule has 0 heterocycles. The van der Waals surface area contributed by atoms with E-state index in [-0.39, 0.29) is 24.4 Å². The van der Waals surface area contributed by atoms with Crippen LogP contribution in [0, 0.1) is 0 Å². The van der Waals surface area contributed by atoms with Gasteiger partial charge in [0.25, 0.3) is 0 Å². The molecule has 20 heavy (non-hydrogen) atoms. The summed E-state index contributed by atoms with van der Waals surface area (Å²) < 4.78 is 0. The lowest BCUT2D eigenvalue weighted by Crippen LogP contribution is -2.43. The van der Waals surface area contributed by atoms with Crippen molar-refractivity contribution in [2.45, 2.75) is 38.1 Å². The second kappa shape index (κ2) is 5.53. The Bertz CT molecular complexity index is 504. The molecule has 0 atom stereocenters. The molecule has 0 radical (unpaired) electrons. The monoisotopic (exact) mass is 275 g/mol. The first kappa shape index (κ1) is 14.4. The number of amides is 2. The average molecular weight is 275 g/mol. The fourth-order valence-corrected chi connectivity index (χ4v) is 2.28. The molecule has 1 fully saturated rings. The molecule has 0 aliphatic heterocycles. The summed E-state index contributed by atoms with van der Waals surface area (Å²) in [6.07, 6.45) is 1.63. The molecule has 0 bridgehead atoms. The maximum Gasteiger partial charge on any atom is 0.239 e. The van der Waals surface area contributed by atoms with Gasteiger partial charge in [0.15, 0.2) is 0 Å². The van der Waals surface area contributed by atoms with Crippen LogP contribution in [0.5, 0.6) is 0 Å². The van der Waals surface area contributed by atoms with Crippen molar-refractivity contribution in [2.24, 2.45) is 0 Å². The average Bonchev–Trinajstić information content (AvgIpc) is 3.17. The Balaban J connectivity index is 1.95. The molecule has 4 N–H and O–H groups in total. The van der Waals surface area contributed by atoms with Gasteiger partial charge >= 0.3 is 0 Å². The fraction of sp³-hybridized carbons (Fsp3) is 0.467. The zero-order chi connectivity index (χ0) is 14.8. The molecule has 2 amide bonds. The van der Waals surface area contributed by atoms with Gasteiger partial charge in [0.2, 0.25) is 11.8 Å². The van der Waals surface area contributed by atoms with Gasteiger partial charge in [-0.25, -0.2) is 0 Å². The van der Waals surface area contributed by atoms with E-state index < -0.39 is 5.41 Å². The Morgan fingerprint density at radius 3 is 2.35 bits per heavy atom. The summed E-state index contributed by atoms with van der Waals surface area (Å²) in [6.45, 7) is 3.79. The molecule has 0 saturated heterocycles. The molecular weight excluding hydrogens is 254 g/mol. The summed E-state index contributed by atoms with van der Waals surface area (Å²) in [5, 5.41) is 5.47. The lowest BCUT2D eigenvalue weighted by Gasteiger charge is -2.16. The zero-order valence-corrected chi connectivity index (χ0v) is 11.9. The van der Waals surface area contributed by atoms with Crippen LogP contribution in [0.25, 0.3) is 0 Å². The molecule has 1 aromatic rings. The first-order valence-corrected chi connectivity index (χ1v) is 6.88. The van der Waals surface area contributed by atoms with Crippen LogP contribution in [0.2, 0.25) is 0 Å². The topological polar surface area (TPSA) is 84.2 Å². The third kappa shape index (κ3) is 3.10. The third-order valence-corrected chi connectivity index (χ3v) is 3.51. The number of hydrogen-bond acceptors (Lipinski definition) is 3. The summed E-state index contributed by atoms with van der Waals surface area (Å²) >= 11 is 0. The highest BCUT2D eigenvalue weighted by Gasteiger charge is 2.51. The molecule has 5 heteroatoms. The molecule has 1 aromatic carbocycles. The molecule has 0 spiro atoms.